The lowest BCUT2D eigenvalue weighted by molar-refractivity contribution is 0.401. The van der Waals surface area contributed by atoms with Crippen LogP contribution in [0.25, 0.3) is 0 Å². The van der Waals surface area contributed by atoms with Gasteiger partial charge in [0.05, 0.1) is 6.34 Å². The molecular formula is C10H13N3. The molecule has 0 saturated heterocycles. The predicted molar refractivity (Wildman–Crippen MR) is 52.6 cm³/mol. The van der Waals surface area contributed by atoms with E-state index in [4.69, 9.17) is 0 Å². The van der Waals surface area contributed by atoms with Gasteiger partial charge in [-0.15, -0.1) is 0 Å². The van der Waals surface area contributed by atoms with Crippen LogP contribution in [0.4, 0.5) is 0 Å². The van der Waals surface area contributed by atoms with Gasteiger partial charge in [-0.2, -0.15) is 0 Å². The van der Waals surface area contributed by atoms with Crippen molar-refractivity contribution in [3.8, 4) is 0 Å². The second-order valence-corrected chi connectivity index (χ2v) is 3.21. The van der Waals surface area contributed by atoms with E-state index in [1.54, 1.807) is 6.20 Å². The van der Waals surface area contributed by atoms with Gasteiger partial charge in [0.25, 0.3) is 0 Å². The Morgan fingerprint density at radius 2 is 2.46 bits per heavy atom. The molecule has 0 amide bonds. The van der Waals surface area contributed by atoms with Crippen LogP contribution >= 0.6 is 0 Å². The Hall–Kier alpha value is -1.38. The highest BCUT2D eigenvalue weighted by atomic mass is 15.2. The summed E-state index contributed by atoms with van der Waals surface area (Å²) < 4.78 is 0. The molecule has 2 rings (SSSR count). The van der Waals surface area contributed by atoms with E-state index in [0.29, 0.717) is 0 Å². The van der Waals surface area contributed by atoms with Crippen LogP contribution in [0.1, 0.15) is 12.0 Å². The van der Waals surface area contributed by atoms with E-state index in [1.807, 2.05) is 18.6 Å². The van der Waals surface area contributed by atoms with Gasteiger partial charge in [0.1, 0.15) is 0 Å². The van der Waals surface area contributed by atoms with Gasteiger partial charge in [-0.25, -0.2) is 0 Å². The summed E-state index contributed by atoms with van der Waals surface area (Å²) in [6, 6.07) is 4.06. The maximum absolute atomic E-state index is 4.24. The molecule has 2 heterocycles. The Kier molecular flexibility index (Phi) is 2.55. The van der Waals surface area contributed by atoms with Crippen molar-refractivity contribution < 1.29 is 0 Å². The molecule has 68 valence electrons. The monoisotopic (exact) mass is 175 g/mol. The molecule has 13 heavy (non-hydrogen) atoms. The van der Waals surface area contributed by atoms with Crippen LogP contribution < -0.4 is 0 Å². The molecule has 3 heteroatoms. The van der Waals surface area contributed by atoms with Gasteiger partial charge in [-0.05, 0) is 18.1 Å². The van der Waals surface area contributed by atoms with Gasteiger partial charge in [-0.3, -0.25) is 9.98 Å². The lowest BCUT2D eigenvalue weighted by Crippen LogP contribution is -2.26. The Bertz CT molecular complexity index is 281. The molecule has 0 aromatic carbocycles. The van der Waals surface area contributed by atoms with E-state index in [1.165, 1.54) is 5.56 Å². The van der Waals surface area contributed by atoms with E-state index in [9.17, 15) is 0 Å². The van der Waals surface area contributed by atoms with E-state index in [0.717, 1.165) is 26.1 Å². The zero-order valence-electron chi connectivity index (χ0n) is 7.56. The molecule has 1 aliphatic rings. The van der Waals surface area contributed by atoms with Crippen molar-refractivity contribution in [3.63, 3.8) is 0 Å². The summed E-state index contributed by atoms with van der Waals surface area (Å²) in [5.74, 6) is 0. The number of pyridine rings is 1. The van der Waals surface area contributed by atoms with Crippen molar-refractivity contribution in [2.45, 2.75) is 13.0 Å². The second kappa shape index (κ2) is 4.03. The standard InChI is InChI=1S/C10H13N3/c1-3-10(7-11-4-1)8-13-6-2-5-12-9-13/h1,3-4,7,9H,2,5-6,8H2. The maximum atomic E-state index is 4.24. The average Bonchev–Trinajstić information content (AvgIpc) is 2.21. The average molecular weight is 175 g/mol. The summed E-state index contributed by atoms with van der Waals surface area (Å²) >= 11 is 0. The fraction of sp³-hybridized carbons (Fsp3) is 0.400. The first-order valence-electron chi connectivity index (χ1n) is 4.58. The first-order chi connectivity index (χ1) is 6.45. The lowest BCUT2D eigenvalue weighted by Gasteiger charge is -2.21. The third-order valence-electron chi connectivity index (χ3n) is 2.09. The van der Waals surface area contributed by atoms with Gasteiger partial charge in [-0.1, -0.05) is 6.07 Å². The largest absolute Gasteiger partial charge is 0.359 e. The highest BCUT2D eigenvalue weighted by Crippen LogP contribution is 2.04. The third-order valence-corrected chi connectivity index (χ3v) is 2.09. The lowest BCUT2D eigenvalue weighted by atomic mass is 10.2. The number of aliphatic imine (C=N–C) groups is 1. The van der Waals surface area contributed by atoms with E-state index in [2.05, 4.69) is 20.9 Å². The molecule has 0 aliphatic carbocycles. The highest BCUT2D eigenvalue weighted by Gasteiger charge is 2.04. The number of nitrogens with zero attached hydrogens (tertiary/aromatic N) is 3. The molecule has 1 aliphatic heterocycles. The molecule has 0 spiro atoms. The maximum Gasteiger partial charge on any atom is 0.0852 e. The normalized spacial score (nSPS) is 16.2. The fourth-order valence-corrected chi connectivity index (χ4v) is 1.44. The molecule has 0 atom stereocenters. The van der Waals surface area contributed by atoms with Gasteiger partial charge in [0, 0.05) is 32.0 Å². The molecule has 0 saturated carbocycles. The van der Waals surface area contributed by atoms with Crippen molar-refractivity contribution >= 4 is 6.34 Å². The Morgan fingerprint density at radius 1 is 1.46 bits per heavy atom. The number of aromatic nitrogens is 1. The smallest absolute Gasteiger partial charge is 0.0852 e. The van der Waals surface area contributed by atoms with E-state index >= 15 is 0 Å². The first kappa shape index (κ1) is 8.23. The summed E-state index contributed by atoms with van der Waals surface area (Å²) in [5.41, 5.74) is 1.25. The summed E-state index contributed by atoms with van der Waals surface area (Å²) in [6.07, 6.45) is 6.81. The van der Waals surface area contributed by atoms with Gasteiger partial charge < -0.3 is 4.90 Å². The molecule has 1 aromatic rings. The van der Waals surface area contributed by atoms with Gasteiger partial charge in [0.2, 0.25) is 0 Å². The Labute approximate surface area is 78.1 Å². The van der Waals surface area contributed by atoms with Crippen LogP contribution in [0.15, 0.2) is 29.5 Å². The minimum absolute atomic E-state index is 0.928. The molecule has 0 radical (unpaired) electrons. The molecule has 0 bridgehead atoms. The van der Waals surface area contributed by atoms with Crippen LogP contribution in [0.2, 0.25) is 0 Å². The molecule has 1 aromatic heterocycles. The Morgan fingerprint density at radius 3 is 3.15 bits per heavy atom. The molecule has 0 N–H and O–H groups in total. The molecule has 3 nitrogen and oxygen atoms in total. The first-order valence-corrected chi connectivity index (χ1v) is 4.58. The minimum atomic E-state index is 0.928. The van der Waals surface area contributed by atoms with E-state index in [-0.39, 0.29) is 0 Å². The van der Waals surface area contributed by atoms with Crippen molar-refractivity contribution in [2.75, 3.05) is 13.1 Å². The fourth-order valence-electron chi connectivity index (χ4n) is 1.44. The second-order valence-electron chi connectivity index (χ2n) is 3.21. The van der Waals surface area contributed by atoms with Crippen LogP contribution in [0.3, 0.4) is 0 Å². The van der Waals surface area contributed by atoms with Crippen molar-refractivity contribution in [3.05, 3.63) is 30.1 Å². The van der Waals surface area contributed by atoms with Crippen LogP contribution in [-0.2, 0) is 6.54 Å². The van der Waals surface area contributed by atoms with Crippen LogP contribution in [0.5, 0.6) is 0 Å². The Balaban J connectivity index is 1.98. The quantitative estimate of drug-likeness (QED) is 0.678. The van der Waals surface area contributed by atoms with Crippen molar-refractivity contribution in [1.82, 2.24) is 9.88 Å². The molecule has 0 unspecified atom stereocenters. The summed E-state index contributed by atoms with van der Waals surface area (Å²) in [5, 5.41) is 0. The summed E-state index contributed by atoms with van der Waals surface area (Å²) in [6.45, 7) is 3.01. The number of hydrogen-bond acceptors (Lipinski definition) is 3. The highest BCUT2D eigenvalue weighted by molar-refractivity contribution is 5.55. The molecular weight excluding hydrogens is 162 g/mol. The topological polar surface area (TPSA) is 28.5 Å². The van der Waals surface area contributed by atoms with Gasteiger partial charge in [0.15, 0.2) is 0 Å². The van der Waals surface area contributed by atoms with Gasteiger partial charge >= 0.3 is 0 Å². The molecule has 0 fully saturated rings. The van der Waals surface area contributed by atoms with Crippen LogP contribution in [0, 0.1) is 0 Å². The predicted octanol–water partition coefficient (Wildman–Crippen LogP) is 1.32. The number of hydrogen-bond donors (Lipinski definition) is 0. The third kappa shape index (κ3) is 2.28. The SMILES string of the molecule is C1=NCCCN1Cc1cccnc1. The number of rotatable bonds is 2. The summed E-state index contributed by atoms with van der Waals surface area (Å²) in [4.78, 5) is 10.5. The van der Waals surface area contributed by atoms with E-state index < -0.39 is 0 Å². The van der Waals surface area contributed by atoms with Crippen molar-refractivity contribution in [2.24, 2.45) is 4.99 Å². The zero-order valence-corrected chi connectivity index (χ0v) is 7.56. The minimum Gasteiger partial charge on any atom is -0.359 e. The summed E-state index contributed by atoms with van der Waals surface area (Å²) in [7, 11) is 0. The van der Waals surface area contributed by atoms with Crippen molar-refractivity contribution in [1.29, 1.82) is 0 Å². The van der Waals surface area contributed by atoms with Crippen LogP contribution in [-0.4, -0.2) is 29.3 Å². The zero-order chi connectivity index (χ0) is 8.93.